The number of rotatable bonds is 6. The number of anilines is 1. The summed E-state index contributed by atoms with van der Waals surface area (Å²) in [6.45, 7) is 2.76. The first-order chi connectivity index (χ1) is 12.8. The summed E-state index contributed by atoms with van der Waals surface area (Å²) in [4.78, 5) is 16.7. The van der Waals surface area contributed by atoms with E-state index in [4.69, 9.17) is 10.4 Å². The molecular weight excluding hydrogens is 328 g/mol. The number of hydrogen-bond donors (Lipinski definition) is 4. The molecule has 4 rings (SSSR count). The molecule has 8 heteroatoms. The molecule has 0 saturated carbocycles. The molecule has 4 aromatic rings. The Hall–Kier alpha value is -3.68. The molecule has 0 aliphatic rings. The summed E-state index contributed by atoms with van der Waals surface area (Å²) in [5.74, 6) is 0.576. The van der Waals surface area contributed by atoms with Gasteiger partial charge in [-0.25, -0.2) is 9.97 Å². The van der Waals surface area contributed by atoms with E-state index in [0.717, 1.165) is 28.8 Å². The number of aromatic nitrogens is 5. The van der Waals surface area contributed by atoms with E-state index in [2.05, 4.69) is 25.6 Å². The first-order valence-electron chi connectivity index (χ1n) is 8.26. The minimum absolute atomic E-state index is 0.576. The number of H-pyrrole nitrogens is 1. The van der Waals surface area contributed by atoms with Crippen molar-refractivity contribution in [2.75, 3.05) is 11.9 Å². The number of aromatic amines is 1. The van der Waals surface area contributed by atoms with Gasteiger partial charge in [-0.2, -0.15) is 0 Å². The molecule has 4 aromatic heterocycles. The van der Waals surface area contributed by atoms with Crippen molar-refractivity contribution in [3.63, 3.8) is 0 Å². The van der Waals surface area contributed by atoms with E-state index in [1.807, 2.05) is 42.0 Å². The van der Waals surface area contributed by atoms with Crippen molar-refractivity contribution < 1.29 is 0 Å². The highest BCUT2D eigenvalue weighted by Gasteiger charge is 2.11. The van der Waals surface area contributed by atoms with Gasteiger partial charge in [0.2, 0.25) is 0 Å². The van der Waals surface area contributed by atoms with Gasteiger partial charge in [0.15, 0.2) is 11.5 Å². The monoisotopic (exact) mass is 346 g/mol. The van der Waals surface area contributed by atoms with Crippen LogP contribution in [0.15, 0.2) is 55.0 Å². The Kier molecular flexibility index (Phi) is 4.06. The van der Waals surface area contributed by atoms with Crippen LogP contribution in [0.1, 0.15) is 6.92 Å². The van der Waals surface area contributed by atoms with E-state index in [1.165, 1.54) is 6.21 Å². The lowest BCUT2D eigenvalue weighted by Crippen LogP contribution is -2.11. The molecule has 130 valence electrons. The number of nitrogens with zero attached hydrogens (tertiary/aromatic N) is 4. The number of pyridine rings is 1. The topological polar surface area (TPSA) is 107 Å². The Labute approximate surface area is 149 Å². The molecule has 26 heavy (non-hydrogen) atoms. The maximum Gasteiger partial charge on any atom is 0.180 e. The second-order valence-corrected chi connectivity index (χ2v) is 5.69. The van der Waals surface area contributed by atoms with Gasteiger partial charge in [-0.3, -0.25) is 4.98 Å². The molecule has 0 aliphatic carbocycles. The fourth-order valence-corrected chi connectivity index (χ4v) is 2.69. The molecule has 0 saturated heterocycles. The SMILES string of the molecule is CCN/C=C(\C=N)Nc1nc(-c2cnc3cc[nH]c3c2)cn2ccnc12. The van der Waals surface area contributed by atoms with Crippen LogP contribution in [0, 0.1) is 5.41 Å². The molecule has 0 radical (unpaired) electrons. The molecule has 0 unspecified atom stereocenters. The van der Waals surface area contributed by atoms with E-state index in [-0.39, 0.29) is 0 Å². The Balaban J connectivity index is 1.80. The molecule has 0 aromatic carbocycles. The standard InChI is InChI=1S/C18H18N8/c1-2-20-10-13(8-19)24-17-18-22-5-6-26(18)11-16(25-17)12-7-15-14(23-9-12)3-4-21-15/h3-11,19-21H,2H2,1H3,(H,24,25)/b13-10+,19-8?. The van der Waals surface area contributed by atoms with Crippen molar-refractivity contribution >= 4 is 28.7 Å². The highest BCUT2D eigenvalue weighted by molar-refractivity contribution is 5.84. The lowest BCUT2D eigenvalue weighted by atomic mass is 10.2. The summed E-state index contributed by atoms with van der Waals surface area (Å²) in [7, 11) is 0. The molecule has 0 atom stereocenters. The quantitative estimate of drug-likeness (QED) is 0.402. The van der Waals surface area contributed by atoms with Crippen LogP contribution in [0.2, 0.25) is 0 Å². The average Bonchev–Trinajstić information content (AvgIpc) is 3.33. The highest BCUT2D eigenvalue weighted by atomic mass is 15.1. The number of nitrogens with one attached hydrogen (secondary N) is 4. The van der Waals surface area contributed by atoms with Crippen LogP contribution < -0.4 is 10.6 Å². The zero-order valence-corrected chi connectivity index (χ0v) is 14.2. The number of allylic oxidation sites excluding steroid dienone is 1. The second kappa shape index (κ2) is 6.67. The van der Waals surface area contributed by atoms with Gasteiger partial charge < -0.3 is 25.4 Å². The van der Waals surface area contributed by atoms with Gasteiger partial charge >= 0.3 is 0 Å². The number of hydrogen-bond acceptors (Lipinski definition) is 6. The number of fused-ring (bicyclic) bond motifs is 2. The largest absolute Gasteiger partial charge is 0.389 e. The predicted molar refractivity (Wildman–Crippen MR) is 102 cm³/mol. The van der Waals surface area contributed by atoms with Crippen LogP contribution in [0.5, 0.6) is 0 Å². The molecule has 0 spiro atoms. The van der Waals surface area contributed by atoms with Crippen LogP contribution in [0.4, 0.5) is 5.82 Å². The molecule has 0 fully saturated rings. The smallest absolute Gasteiger partial charge is 0.180 e. The van der Waals surface area contributed by atoms with Crippen molar-refractivity contribution in [3.8, 4) is 11.3 Å². The average molecular weight is 346 g/mol. The Morgan fingerprint density at radius 2 is 2.31 bits per heavy atom. The van der Waals surface area contributed by atoms with Crippen LogP contribution in [0.3, 0.4) is 0 Å². The van der Waals surface area contributed by atoms with Crippen LogP contribution >= 0.6 is 0 Å². The van der Waals surface area contributed by atoms with Gasteiger partial charge in [0.25, 0.3) is 0 Å². The van der Waals surface area contributed by atoms with Gasteiger partial charge in [-0.1, -0.05) is 0 Å². The van der Waals surface area contributed by atoms with E-state index in [9.17, 15) is 0 Å². The minimum atomic E-state index is 0.576. The van der Waals surface area contributed by atoms with E-state index in [1.54, 1.807) is 18.6 Å². The Morgan fingerprint density at radius 1 is 1.38 bits per heavy atom. The first kappa shape index (κ1) is 15.8. The highest BCUT2D eigenvalue weighted by Crippen LogP contribution is 2.24. The molecule has 0 amide bonds. The second-order valence-electron chi connectivity index (χ2n) is 5.69. The van der Waals surface area contributed by atoms with Crippen molar-refractivity contribution in [2.45, 2.75) is 6.92 Å². The third kappa shape index (κ3) is 2.88. The normalized spacial score (nSPS) is 11.8. The van der Waals surface area contributed by atoms with E-state index >= 15 is 0 Å². The Morgan fingerprint density at radius 3 is 3.15 bits per heavy atom. The predicted octanol–water partition coefficient (Wildman–Crippen LogP) is 2.78. The van der Waals surface area contributed by atoms with Gasteiger partial charge in [-0.15, -0.1) is 0 Å². The maximum atomic E-state index is 7.58. The van der Waals surface area contributed by atoms with Crippen molar-refractivity contribution in [3.05, 3.63) is 55.0 Å². The zero-order valence-electron chi connectivity index (χ0n) is 14.2. The van der Waals surface area contributed by atoms with Crippen molar-refractivity contribution in [1.82, 2.24) is 29.7 Å². The molecule has 4 N–H and O–H groups in total. The molecule has 4 heterocycles. The summed E-state index contributed by atoms with van der Waals surface area (Å²) < 4.78 is 1.90. The summed E-state index contributed by atoms with van der Waals surface area (Å²) in [6, 6.07) is 3.95. The van der Waals surface area contributed by atoms with Gasteiger partial charge in [0.05, 0.1) is 22.4 Å². The van der Waals surface area contributed by atoms with Gasteiger partial charge in [-0.05, 0) is 19.1 Å². The van der Waals surface area contributed by atoms with Crippen molar-refractivity contribution in [2.24, 2.45) is 0 Å². The molecule has 0 bridgehead atoms. The molecular formula is C18H18N8. The van der Waals surface area contributed by atoms with Gasteiger partial charge in [0.1, 0.15) is 0 Å². The third-order valence-electron chi connectivity index (χ3n) is 3.95. The summed E-state index contributed by atoms with van der Waals surface area (Å²) in [5.41, 5.74) is 4.80. The first-order valence-corrected chi connectivity index (χ1v) is 8.26. The van der Waals surface area contributed by atoms with Crippen LogP contribution in [-0.4, -0.2) is 37.1 Å². The summed E-state index contributed by atoms with van der Waals surface area (Å²) >= 11 is 0. The lowest BCUT2D eigenvalue weighted by molar-refractivity contribution is 0.914. The summed E-state index contributed by atoms with van der Waals surface area (Å²) in [5, 5.41) is 13.8. The number of imidazole rings is 1. The molecule has 8 nitrogen and oxygen atoms in total. The van der Waals surface area contributed by atoms with Crippen molar-refractivity contribution in [1.29, 1.82) is 5.41 Å². The minimum Gasteiger partial charge on any atom is -0.389 e. The molecule has 0 aliphatic heterocycles. The fraction of sp³-hybridized carbons (Fsp3) is 0.111. The fourth-order valence-electron chi connectivity index (χ4n) is 2.69. The van der Waals surface area contributed by atoms with E-state index in [0.29, 0.717) is 17.2 Å². The van der Waals surface area contributed by atoms with E-state index < -0.39 is 0 Å². The third-order valence-corrected chi connectivity index (χ3v) is 3.95. The summed E-state index contributed by atoms with van der Waals surface area (Å²) in [6.07, 6.45) is 12.1. The lowest BCUT2D eigenvalue weighted by Gasteiger charge is -2.10. The maximum absolute atomic E-state index is 7.58. The van der Waals surface area contributed by atoms with Gasteiger partial charge in [0, 0.05) is 55.5 Å². The zero-order chi connectivity index (χ0) is 17.9. The Bertz CT molecular complexity index is 1100. The van der Waals surface area contributed by atoms with Crippen LogP contribution in [0.25, 0.3) is 27.9 Å². The van der Waals surface area contributed by atoms with Crippen LogP contribution in [-0.2, 0) is 0 Å².